The molecule has 2 rings (SSSR count). The van der Waals surface area contributed by atoms with Crippen molar-refractivity contribution in [3.05, 3.63) is 29.6 Å². The highest BCUT2D eigenvalue weighted by Crippen LogP contribution is 2.17. The Morgan fingerprint density at radius 2 is 2.24 bits per heavy atom. The molecule has 0 radical (unpaired) electrons. The Balaban J connectivity index is 2.00. The number of aromatic nitrogens is 1. The fraction of sp³-hybridized carbons (Fsp3) is 0.533. The Hall–Kier alpha value is -2.11. The zero-order chi connectivity index (χ0) is 15.2. The van der Waals surface area contributed by atoms with Crippen LogP contribution in [0.15, 0.2) is 18.3 Å². The van der Waals surface area contributed by atoms with Gasteiger partial charge in [-0.05, 0) is 31.4 Å². The number of aliphatic carboxylic acids is 1. The molecule has 1 atom stereocenters. The summed E-state index contributed by atoms with van der Waals surface area (Å²) in [5.41, 5.74) is 1.80. The maximum atomic E-state index is 12.3. The van der Waals surface area contributed by atoms with Crippen LogP contribution in [0.5, 0.6) is 0 Å². The number of carboxylic acid groups (broad SMARTS) is 1. The van der Waals surface area contributed by atoms with Gasteiger partial charge in [0, 0.05) is 12.7 Å². The highest BCUT2D eigenvalue weighted by atomic mass is 16.4. The number of pyridine rings is 1. The predicted octanol–water partition coefficient (Wildman–Crippen LogP) is 1.93. The summed E-state index contributed by atoms with van der Waals surface area (Å²) < 4.78 is 0. The molecule has 21 heavy (non-hydrogen) atoms. The summed E-state index contributed by atoms with van der Waals surface area (Å²) in [6.45, 7) is 2.73. The van der Waals surface area contributed by atoms with Crippen LogP contribution in [-0.2, 0) is 11.3 Å². The van der Waals surface area contributed by atoms with Crippen LogP contribution in [0.3, 0.4) is 0 Å². The number of carbonyl (C=O) groups is 2. The molecule has 0 bridgehead atoms. The van der Waals surface area contributed by atoms with Gasteiger partial charge in [-0.3, -0.25) is 4.98 Å². The van der Waals surface area contributed by atoms with Crippen molar-refractivity contribution < 1.29 is 14.7 Å². The molecule has 0 aliphatic carbocycles. The quantitative estimate of drug-likeness (QED) is 0.891. The third kappa shape index (κ3) is 3.93. The van der Waals surface area contributed by atoms with Crippen LogP contribution in [0, 0.1) is 6.92 Å². The molecule has 1 aliphatic heterocycles. The summed E-state index contributed by atoms with van der Waals surface area (Å²) in [5, 5.41) is 12.1. The van der Waals surface area contributed by atoms with Crippen molar-refractivity contribution in [2.75, 3.05) is 6.54 Å². The van der Waals surface area contributed by atoms with E-state index in [-0.39, 0.29) is 6.03 Å². The zero-order valence-corrected chi connectivity index (χ0v) is 12.2. The van der Waals surface area contributed by atoms with E-state index in [9.17, 15) is 14.7 Å². The van der Waals surface area contributed by atoms with E-state index in [2.05, 4.69) is 10.3 Å². The summed E-state index contributed by atoms with van der Waals surface area (Å²) in [7, 11) is 0. The molecule has 2 heterocycles. The number of carbonyl (C=O) groups excluding carboxylic acids is 1. The minimum absolute atomic E-state index is 0.314. The van der Waals surface area contributed by atoms with Gasteiger partial charge in [-0.25, -0.2) is 9.59 Å². The SMILES string of the molecule is Cc1cccnc1CNC(=O)N1CCCCCC1C(=O)O. The van der Waals surface area contributed by atoms with Crippen LogP contribution in [0.4, 0.5) is 4.79 Å². The van der Waals surface area contributed by atoms with Gasteiger partial charge in [-0.2, -0.15) is 0 Å². The molecule has 0 aromatic carbocycles. The summed E-state index contributed by atoms with van der Waals surface area (Å²) in [5.74, 6) is -0.930. The van der Waals surface area contributed by atoms with Gasteiger partial charge in [0.2, 0.25) is 0 Å². The third-order valence-corrected chi connectivity index (χ3v) is 3.82. The number of likely N-dealkylation sites (tertiary alicyclic amines) is 1. The molecule has 2 amide bonds. The highest BCUT2D eigenvalue weighted by Gasteiger charge is 2.30. The van der Waals surface area contributed by atoms with Gasteiger partial charge in [0.1, 0.15) is 6.04 Å². The standard InChI is InChI=1S/C15H21N3O3/c1-11-6-5-8-16-12(11)10-17-15(21)18-9-4-2-3-7-13(18)14(19)20/h5-6,8,13H,2-4,7,9-10H2,1H3,(H,17,21)(H,19,20). The number of rotatable bonds is 3. The van der Waals surface area contributed by atoms with Gasteiger partial charge < -0.3 is 15.3 Å². The maximum absolute atomic E-state index is 12.3. The van der Waals surface area contributed by atoms with Gasteiger partial charge in [-0.15, -0.1) is 0 Å². The van der Waals surface area contributed by atoms with Gasteiger partial charge in [0.05, 0.1) is 12.2 Å². The fourth-order valence-electron chi connectivity index (χ4n) is 2.57. The fourth-order valence-corrected chi connectivity index (χ4v) is 2.57. The highest BCUT2D eigenvalue weighted by molar-refractivity contribution is 5.82. The topological polar surface area (TPSA) is 82.5 Å². The third-order valence-electron chi connectivity index (χ3n) is 3.82. The number of amides is 2. The van der Waals surface area contributed by atoms with E-state index in [4.69, 9.17) is 0 Å². The Morgan fingerprint density at radius 1 is 1.43 bits per heavy atom. The lowest BCUT2D eigenvalue weighted by atomic mass is 10.1. The molecular formula is C15H21N3O3. The normalized spacial score (nSPS) is 18.9. The van der Waals surface area contributed by atoms with Gasteiger partial charge in [0.25, 0.3) is 0 Å². The van der Waals surface area contributed by atoms with Crippen LogP contribution in [0.1, 0.15) is 36.9 Å². The second-order valence-electron chi connectivity index (χ2n) is 5.32. The number of nitrogens with one attached hydrogen (secondary N) is 1. The second-order valence-corrected chi connectivity index (χ2v) is 5.32. The number of carboxylic acids is 1. The molecule has 6 heteroatoms. The zero-order valence-electron chi connectivity index (χ0n) is 12.2. The average Bonchev–Trinajstić information content (AvgIpc) is 2.72. The van der Waals surface area contributed by atoms with Crippen LogP contribution in [0.2, 0.25) is 0 Å². The molecule has 0 spiro atoms. The van der Waals surface area contributed by atoms with Crippen molar-refractivity contribution in [3.8, 4) is 0 Å². The van der Waals surface area contributed by atoms with Crippen LogP contribution in [0.25, 0.3) is 0 Å². The molecule has 2 N–H and O–H groups in total. The molecular weight excluding hydrogens is 270 g/mol. The molecule has 1 fully saturated rings. The number of aryl methyl sites for hydroxylation is 1. The van der Waals surface area contributed by atoms with Gasteiger partial charge in [0.15, 0.2) is 0 Å². The average molecular weight is 291 g/mol. The lowest BCUT2D eigenvalue weighted by molar-refractivity contribution is -0.142. The Morgan fingerprint density at radius 3 is 2.95 bits per heavy atom. The maximum Gasteiger partial charge on any atom is 0.326 e. The monoisotopic (exact) mass is 291 g/mol. The Bertz CT molecular complexity index is 519. The second kappa shape index (κ2) is 7.06. The first-order chi connectivity index (χ1) is 10.1. The Kier molecular flexibility index (Phi) is 5.14. The van der Waals surface area contributed by atoms with Crippen LogP contribution in [-0.4, -0.2) is 39.6 Å². The summed E-state index contributed by atoms with van der Waals surface area (Å²) in [6.07, 6.45) is 4.86. The van der Waals surface area contributed by atoms with E-state index in [1.165, 1.54) is 4.90 Å². The largest absolute Gasteiger partial charge is 0.480 e. The lowest BCUT2D eigenvalue weighted by Crippen LogP contribution is -2.49. The summed E-state index contributed by atoms with van der Waals surface area (Å²) in [6, 6.07) is 2.72. The lowest BCUT2D eigenvalue weighted by Gasteiger charge is -2.27. The molecule has 1 aliphatic rings. The smallest absolute Gasteiger partial charge is 0.326 e. The minimum Gasteiger partial charge on any atom is -0.480 e. The van der Waals surface area contributed by atoms with E-state index >= 15 is 0 Å². The predicted molar refractivity (Wildman–Crippen MR) is 77.8 cm³/mol. The van der Waals surface area contributed by atoms with Gasteiger partial charge >= 0.3 is 12.0 Å². The molecule has 1 aromatic rings. The number of hydrogen-bond donors (Lipinski definition) is 2. The van der Waals surface area contributed by atoms with E-state index in [0.717, 1.165) is 30.5 Å². The molecule has 114 valence electrons. The van der Waals surface area contributed by atoms with Crippen molar-refractivity contribution in [2.45, 2.75) is 45.2 Å². The van der Waals surface area contributed by atoms with Crippen molar-refractivity contribution in [3.63, 3.8) is 0 Å². The van der Waals surface area contributed by atoms with Crippen LogP contribution >= 0.6 is 0 Å². The molecule has 1 aromatic heterocycles. The summed E-state index contributed by atoms with van der Waals surface area (Å²) in [4.78, 5) is 29.2. The molecule has 6 nitrogen and oxygen atoms in total. The molecule has 0 saturated carbocycles. The molecule has 1 saturated heterocycles. The van der Waals surface area contributed by atoms with Gasteiger partial charge in [-0.1, -0.05) is 18.9 Å². The van der Waals surface area contributed by atoms with E-state index in [0.29, 0.717) is 19.5 Å². The van der Waals surface area contributed by atoms with E-state index in [1.807, 2.05) is 19.1 Å². The molecule has 1 unspecified atom stereocenters. The number of urea groups is 1. The van der Waals surface area contributed by atoms with Crippen molar-refractivity contribution in [1.29, 1.82) is 0 Å². The van der Waals surface area contributed by atoms with Crippen molar-refractivity contribution in [2.24, 2.45) is 0 Å². The number of hydrogen-bond acceptors (Lipinski definition) is 3. The first kappa shape index (κ1) is 15.3. The number of nitrogens with zero attached hydrogens (tertiary/aromatic N) is 2. The van der Waals surface area contributed by atoms with E-state index < -0.39 is 12.0 Å². The first-order valence-corrected chi connectivity index (χ1v) is 7.27. The van der Waals surface area contributed by atoms with E-state index in [1.54, 1.807) is 6.20 Å². The first-order valence-electron chi connectivity index (χ1n) is 7.27. The van der Waals surface area contributed by atoms with Crippen LogP contribution < -0.4 is 5.32 Å². The minimum atomic E-state index is -0.930. The summed E-state index contributed by atoms with van der Waals surface area (Å²) >= 11 is 0. The van der Waals surface area contributed by atoms with Crippen molar-refractivity contribution >= 4 is 12.0 Å². The Labute approximate surface area is 124 Å². The van der Waals surface area contributed by atoms with Crippen molar-refractivity contribution in [1.82, 2.24) is 15.2 Å².